The minimum absolute atomic E-state index is 0.0626. The highest BCUT2D eigenvalue weighted by Crippen LogP contribution is 2.28. The van der Waals surface area contributed by atoms with Gasteiger partial charge in [0.05, 0.1) is 18.2 Å². The highest BCUT2D eigenvalue weighted by Gasteiger charge is 2.12. The molecule has 0 bridgehead atoms. The molecule has 0 saturated heterocycles. The van der Waals surface area contributed by atoms with Crippen LogP contribution in [0.3, 0.4) is 0 Å². The van der Waals surface area contributed by atoms with Crippen LogP contribution >= 0.6 is 23.2 Å². The highest BCUT2D eigenvalue weighted by atomic mass is 35.5. The fraction of sp³-hybridized carbons (Fsp3) is 0.0952. The van der Waals surface area contributed by atoms with Crippen LogP contribution in [-0.2, 0) is 16.6 Å². The van der Waals surface area contributed by atoms with E-state index in [9.17, 15) is 8.42 Å². The van der Waals surface area contributed by atoms with Crippen LogP contribution in [0.1, 0.15) is 11.1 Å². The number of halogens is 2. The largest absolute Gasteiger partial charge is 0.493 e. The van der Waals surface area contributed by atoms with E-state index in [1.165, 1.54) is 37.6 Å². The van der Waals surface area contributed by atoms with E-state index in [1.807, 2.05) is 12.1 Å². The maximum Gasteiger partial charge on any atom is 0.276 e. The summed E-state index contributed by atoms with van der Waals surface area (Å²) < 4.78 is 35.6. The van der Waals surface area contributed by atoms with Gasteiger partial charge in [0.1, 0.15) is 6.61 Å². The molecule has 0 heterocycles. The second-order valence-electron chi connectivity index (χ2n) is 6.13. The first kappa shape index (κ1) is 22.0. The summed E-state index contributed by atoms with van der Waals surface area (Å²) in [6.07, 6.45) is 1.37. The van der Waals surface area contributed by atoms with Gasteiger partial charge >= 0.3 is 0 Å². The Morgan fingerprint density at radius 3 is 2.20 bits per heavy atom. The van der Waals surface area contributed by atoms with Crippen LogP contribution < -0.4 is 14.3 Å². The molecular weight excluding hydrogens is 447 g/mol. The van der Waals surface area contributed by atoms with Gasteiger partial charge in [0, 0.05) is 10.0 Å². The summed E-state index contributed by atoms with van der Waals surface area (Å²) in [5, 5.41) is 4.92. The first-order valence-corrected chi connectivity index (χ1v) is 11.0. The Balaban J connectivity index is 1.66. The minimum atomic E-state index is -3.79. The van der Waals surface area contributed by atoms with Crippen molar-refractivity contribution >= 4 is 39.4 Å². The molecule has 0 fully saturated rings. The van der Waals surface area contributed by atoms with Crippen LogP contribution in [0.15, 0.2) is 76.7 Å². The van der Waals surface area contributed by atoms with Crippen molar-refractivity contribution in [1.29, 1.82) is 0 Å². The van der Waals surface area contributed by atoms with Crippen molar-refractivity contribution in [3.63, 3.8) is 0 Å². The molecule has 0 amide bonds. The van der Waals surface area contributed by atoms with Crippen LogP contribution in [0.2, 0.25) is 10.0 Å². The van der Waals surface area contributed by atoms with Crippen LogP contribution in [0.25, 0.3) is 0 Å². The van der Waals surface area contributed by atoms with Gasteiger partial charge in [-0.25, -0.2) is 4.83 Å². The van der Waals surface area contributed by atoms with Crippen LogP contribution in [0, 0.1) is 0 Å². The van der Waals surface area contributed by atoms with Gasteiger partial charge in [-0.1, -0.05) is 35.3 Å². The first-order valence-electron chi connectivity index (χ1n) is 8.73. The number of rotatable bonds is 8. The van der Waals surface area contributed by atoms with Gasteiger partial charge in [0.2, 0.25) is 0 Å². The Bertz CT molecular complexity index is 1130. The molecule has 30 heavy (non-hydrogen) atoms. The Labute approximate surface area is 185 Å². The average molecular weight is 465 g/mol. The van der Waals surface area contributed by atoms with Gasteiger partial charge in [-0.05, 0) is 65.7 Å². The molecule has 0 aliphatic rings. The molecule has 0 aliphatic heterocycles. The van der Waals surface area contributed by atoms with Crippen LogP contribution in [-0.4, -0.2) is 21.7 Å². The normalized spacial score (nSPS) is 11.4. The van der Waals surface area contributed by atoms with E-state index in [2.05, 4.69) is 9.93 Å². The highest BCUT2D eigenvalue weighted by molar-refractivity contribution is 7.89. The van der Waals surface area contributed by atoms with Crippen LogP contribution in [0.5, 0.6) is 11.5 Å². The van der Waals surface area contributed by atoms with E-state index < -0.39 is 10.0 Å². The maximum absolute atomic E-state index is 12.2. The summed E-state index contributed by atoms with van der Waals surface area (Å²) in [6, 6.07) is 18.3. The summed E-state index contributed by atoms with van der Waals surface area (Å²) in [5.41, 5.74) is 1.59. The Morgan fingerprint density at radius 2 is 1.57 bits per heavy atom. The Hall–Kier alpha value is -2.74. The average Bonchev–Trinajstić information content (AvgIpc) is 2.74. The van der Waals surface area contributed by atoms with Crippen molar-refractivity contribution in [2.75, 3.05) is 7.11 Å². The van der Waals surface area contributed by atoms with E-state index in [4.69, 9.17) is 32.7 Å². The van der Waals surface area contributed by atoms with E-state index in [0.29, 0.717) is 33.7 Å². The third-order valence-electron chi connectivity index (χ3n) is 4.01. The molecule has 0 unspecified atom stereocenters. The lowest BCUT2D eigenvalue weighted by molar-refractivity contribution is 0.284. The number of hydrogen-bond donors (Lipinski definition) is 1. The lowest BCUT2D eigenvalue weighted by Crippen LogP contribution is -2.18. The maximum atomic E-state index is 12.2. The van der Waals surface area contributed by atoms with Crippen molar-refractivity contribution in [2.45, 2.75) is 11.5 Å². The number of hydrogen-bond acceptors (Lipinski definition) is 5. The standard InChI is InChI=1S/C21H18Cl2N2O4S/c1-28-21-12-16(4-11-20(21)29-14-15-2-5-17(22)6-3-15)13-24-25-30(26,27)19-9-7-18(23)8-10-19/h2-13,25H,14H2,1H3/b24-13+. The fourth-order valence-electron chi connectivity index (χ4n) is 2.46. The third-order valence-corrected chi connectivity index (χ3v) is 5.75. The zero-order valence-corrected chi connectivity index (χ0v) is 18.2. The van der Waals surface area contributed by atoms with E-state index in [1.54, 1.807) is 30.3 Å². The minimum Gasteiger partial charge on any atom is -0.493 e. The number of nitrogens with zero attached hydrogens (tertiary/aromatic N) is 1. The van der Waals surface area contributed by atoms with Gasteiger partial charge in [-0.3, -0.25) is 0 Å². The number of hydrazone groups is 1. The first-order chi connectivity index (χ1) is 14.4. The number of methoxy groups -OCH3 is 1. The SMILES string of the molecule is COc1cc(/C=N/NS(=O)(=O)c2ccc(Cl)cc2)ccc1OCc1ccc(Cl)cc1. The molecule has 9 heteroatoms. The molecule has 3 aromatic rings. The van der Waals surface area contributed by atoms with E-state index in [-0.39, 0.29) is 4.90 Å². The lowest BCUT2D eigenvalue weighted by Gasteiger charge is -2.11. The fourth-order valence-corrected chi connectivity index (χ4v) is 3.51. The smallest absolute Gasteiger partial charge is 0.276 e. The van der Waals surface area contributed by atoms with Crippen LogP contribution in [0.4, 0.5) is 0 Å². The topological polar surface area (TPSA) is 77.0 Å². The molecule has 0 radical (unpaired) electrons. The number of ether oxygens (including phenoxy) is 2. The van der Waals surface area contributed by atoms with E-state index in [0.717, 1.165) is 5.56 Å². The third kappa shape index (κ3) is 5.89. The van der Waals surface area contributed by atoms with Gasteiger partial charge in [-0.2, -0.15) is 13.5 Å². The molecule has 3 rings (SSSR count). The molecule has 1 N–H and O–H groups in total. The van der Waals surface area contributed by atoms with Crippen molar-refractivity contribution < 1.29 is 17.9 Å². The second-order valence-corrected chi connectivity index (χ2v) is 8.67. The summed E-state index contributed by atoms with van der Waals surface area (Å²) in [7, 11) is -2.26. The number of nitrogens with one attached hydrogen (secondary N) is 1. The Kier molecular flexibility index (Phi) is 7.20. The summed E-state index contributed by atoms with van der Waals surface area (Å²) in [4.78, 5) is 2.22. The monoisotopic (exact) mass is 464 g/mol. The zero-order chi connectivity index (χ0) is 21.6. The van der Waals surface area contributed by atoms with Gasteiger partial charge in [0.15, 0.2) is 11.5 Å². The molecule has 6 nitrogen and oxygen atoms in total. The lowest BCUT2D eigenvalue weighted by atomic mass is 10.2. The van der Waals surface area contributed by atoms with Crippen molar-refractivity contribution in [3.8, 4) is 11.5 Å². The predicted octanol–water partition coefficient (Wildman–Crippen LogP) is 4.89. The second kappa shape index (κ2) is 9.84. The molecule has 0 saturated carbocycles. The van der Waals surface area contributed by atoms with Gasteiger partial charge in [-0.15, -0.1) is 0 Å². The molecule has 156 valence electrons. The van der Waals surface area contributed by atoms with Crippen molar-refractivity contribution in [3.05, 3.63) is 87.9 Å². The van der Waals surface area contributed by atoms with Crippen molar-refractivity contribution in [2.24, 2.45) is 5.10 Å². The molecule has 0 aliphatic carbocycles. The number of sulfonamides is 1. The quantitative estimate of drug-likeness (QED) is 0.380. The van der Waals surface area contributed by atoms with E-state index >= 15 is 0 Å². The summed E-state index contributed by atoms with van der Waals surface area (Å²) >= 11 is 11.7. The Morgan fingerprint density at radius 1 is 0.933 bits per heavy atom. The molecule has 0 atom stereocenters. The summed E-state index contributed by atoms with van der Waals surface area (Å²) in [6.45, 7) is 0.349. The molecule has 3 aromatic carbocycles. The number of benzene rings is 3. The molecule has 0 spiro atoms. The van der Waals surface area contributed by atoms with Crippen molar-refractivity contribution in [1.82, 2.24) is 4.83 Å². The van der Waals surface area contributed by atoms with Gasteiger partial charge in [0.25, 0.3) is 10.0 Å². The predicted molar refractivity (Wildman–Crippen MR) is 118 cm³/mol. The molecule has 0 aromatic heterocycles. The van der Waals surface area contributed by atoms with Gasteiger partial charge < -0.3 is 9.47 Å². The zero-order valence-electron chi connectivity index (χ0n) is 15.9. The summed E-state index contributed by atoms with van der Waals surface area (Å²) in [5.74, 6) is 1.04. The molecular formula is C21H18Cl2N2O4S.